The van der Waals surface area contributed by atoms with Gasteiger partial charge in [0.1, 0.15) is 23.9 Å². The number of aliphatic hydroxyl groups excluding tert-OH is 1. The molecule has 1 atom stereocenters. The minimum atomic E-state index is -0.733. The predicted molar refractivity (Wildman–Crippen MR) is 145 cm³/mol. The lowest BCUT2D eigenvalue weighted by atomic mass is 9.95. The van der Waals surface area contributed by atoms with Crippen LogP contribution in [0.15, 0.2) is 66.8 Å². The van der Waals surface area contributed by atoms with E-state index in [1.807, 2.05) is 31.2 Å². The monoisotopic (exact) mass is 520 g/mol. The van der Waals surface area contributed by atoms with Gasteiger partial charge >= 0.3 is 0 Å². The number of carbonyl (C=O) groups excluding carboxylic acids is 2. The lowest BCUT2D eigenvalue weighted by Gasteiger charge is -2.29. The molecule has 2 heterocycles. The number of benzene rings is 2. The highest BCUT2D eigenvalue weighted by molar-refractivity contribution is 6.46. The van der Waals surface area contributed by atoms with Crippen LogP contribution in [0.5, 0.6) is 11.5 Å². The first kappa shape index (κ1) is 27.4. The van der Waals surface area contributed by atoms with Gasteiger partial charge in [-0.25, -0.2) is 0 Å². The SMILES string of the molecule is C=CCOc1cccc(C2C(=C(O)c3ccc(OCCC)cc3)C(=O)C(=O)N2CCCN2CCOCC2)c1. The van der Waals surface area contributed by atoms with Gasteiger partial charge in [-0.05, 0) is 54.8 Å². The zero-order chi connectivity index (χ0) is 26.9. The molecule has 4 rings (SSSR count). The van der Waals surface area contributed by atoms with Crippen LogP contribution in [0.2, 0.25) is 0 Å². The number of hydrogen-bond acceptors (Lipinski definition) is 7. The van der Waals surface area contributed by atoms with E-state index in [0.717, 1.165) is 26.1 Å². The smallest absolute Gasteiger partial charge is 0.295 e. The summed E-state index contributed by atoms with van der Waals surface area (Å²) in [5.74, 6) is -0.237. The summed E-state index contributed by atoms with van der Waals surface area (Å²) in [5, 5.41) is 11.3. The molecule has 202 valence electrons. The molecule has 0 aromatic heterocycles. The topological polar surface area (TPSA) is 88.5 Å². The lowest BCUT2D eigenvalue weighted by Crippen LogP contribution is -2.38. The molecular formula is C30H36N2O6. The molecule has 2 saturated heterocycles. The molecule has 38 heavy (non-hydrogen) atoms. The van der Waals surface area contributed by atoms with Crippen LogP contribution in [0, 0.1) is 0 Å². The molecule has 0 bridgehead atoms. The maximum Gasteiger partial charge on any atom is 0.295 e. The molecule has 2 fully saturated rings. The number of carbonyl (C=O) groups is 2. The molecule has 0 spiro atoms. The summed E-state index contributed by atoms with van der Waals surface area (Å²) in [6.07, 6.45) is 3.23. The summed E-state index contributed by atoms with van der Waals surface area (Å²) in [4.78, 5) is 30.5. The van der Waals surface area contributed by atoms with Gasteiger partial charge in [0.25, 0.3) is 11.7 Å². The highest BCUT2D eigenvalue weighted by Gasteiger charge is 2.46. The second-order valence-electron chi connectivity index (χ2n) is 9.35. The zero-order valence-electron chi connectivity index (χ0n) is 21.9. The number of rotatable bonds is 12. The second-order valence-corrected chi connectivity index (χ2v) is 9.35. The first-order valence-electron chi connectivity index (χ1n) is 13.2. The molecule has 0 aliphatic carbocycles. The average Bonchev–Trinajstić information content (AvgIpc) is 3.20. The summed E-state index contributed by atoms with van der Waals surface area (Å²) in [6, 6.07) is 13.5. The number of ketones is 1. The number of nitrogens with zero attached hydrogens (tertiary/aromatic N) is 2. The van der Waals surface area contributed by atoms with Gasteiger partial charge in [-0.1, -0.05) is 31.7 Å². The highest BCUT2D eigenvalue weighted by Crippen LogP contribution is 2.40. The molecule has 1 amide bonds. The Labute approximate surface area is 224 Å². The van der Waals surface area contributed by atoms with Crippen LogP contribution in [0.4, 0.5) is 0 Å². The van der Waals surface area contributed by atoms with Crippen LogP contribution in [-0.2, 0) is 14.3 Å². The van der Waals surface area contributed by atoms with Crippen LogP contribution >= 0.6 is 0 Å². The Balaban J connectivity index is 1.66. The molecule has 1 unspecified atom stereocenters. The standard InChI is InChI=1S/C30H36N2O6/c1-3-17-37-24-11-9-22(10-12-24)28(33)26-27(23-7-5-8-25(21-23)38-18-4-2)32(30(35)29(26)34)14-6-13-31-15-19-36-20-16-31/h4-5,7-12,21,27,33H,2-3,6,13-20H2,1H3. The number of Topliss-reactive ketones (excluding diaryl/α,β-unsaturated/α-hetero) is 1. The van der Waals surface area contributed by atoms with Crippen molar-refractivity contribution in [3.8, 4) is 11.5 Å². The van der Waals surface area contributed by atoms with E-state index in [1.165, 1.54) is 0 Å². The van der Waals surface area contributed by atoms with Gasteiger partial charge in [-0.3, -0.25) is 14.5 Å². The van der Waals surface area contributed by atoms with Gasteiger partial charge in [-0.15, -0.1) is 0 Å². The molecule has 1 N–H and O–H groups in total. The number of hydrogen-bond donors (Lipinski definition) is 1. The molecule has 0 saturated carbocycles. The van der Waals surface area contributed by atoms with E-state index in [0.29, 0.717) is 62.0 Å². The van der Waals surface area contributed by atoms with E-state index < -0.39 is 17.7 Å². The summed E-state index contributed by atoms with van der Waals surface area (Å²) < 4.78 is 16.8. The normalized spacial score (nSPS) is 19.5. The summed E-state index contributed by atoms with van der Waals surface area (Å²) in [5.41, 5.74) is 1.22. The molecule has 2 aliphatic rings. The summed E-state index contributed by atoms with van der Waals surface area (Å²) >= 11 is 0. The fraction of sp³-hybridized carbons (Fsp3) is 0.400. The van der Waals surface area contributed by atoms with Crippen LogP contribution in [0.1, 0.15) is 36.9 Å². The van der Waals surface area contributed by atoms with Crippen molar-refractivity contribution in [1.29, 1.82) is 0 Å². The molecule has 0 radical (unpaired) electrons. The predicted octanol–water partition coefficient (Wildman–Crippen LogP) is 4.18. The van der Waals surface area contributed by atoms with Crippen LogP contribution in [0.25, 0.3) is 5.76 Å². The van der Waals surface area contributed by atoms with Crippen molar-refractivity contribution in [3.05, 3.63) is 77.9 Å². The zero-order valence-corrected chi connectivity index (χ0v) is 21.9. The minimum Gasteiger partial charge on any atom is -0.507 e. The maximum absolute atomic E-state index is 13.3. The Morgan fingerprint density at radius 3 is 2.55 bits per heavy atom. The highest BCUT2D eigenvalue weighted by atomic mass is 16.5. The van der Waals surface area contributed by atoms with Crippen molar-refractivity contribution in [2.75, 3.05) is 52.6 Å². The van der Waals surface area contributed by atoms with Crippen LogP contribution in [-0.4, -0.2) is 79.2 Å². The van der Waals surface area contributed by atoms with Gasteiger partial charge in [-0.2, -0.15) is 0 Å². The quantitative estimate of drug-likeness (QED) is 0.194. The first-order chi connectivity index (χ1) is 18.5. The largest absolute Gasteiger partial charge is 0.507 e. The van der Waals surface area contributed by atoms with Crippen LogP contribution in [0.3, 0.4) is 0 Å². The number of morpholine rings is 1. The Morgan fingerprint density at radius 2 is 1.84 bits per heavy atom. The van der Waals surface area contributed by atoms with Gasteiger partial charge in [0.15, 0.2) is 0 Å². The average molecular weight is 521 g/mol. The fourth-order valence-electron chi connectivity index (χ4n) is 4.76. The van der Waals surface area contributed by atoms with Crippen LogP contribution < -0.4 is 9.47 Å². The molecule has 8 heteroatoms. The van der Waals surface area contributed by atoms with Gasteiger partial charge in [0.2, 0.25) is 0 Å². The van der Waals surface area contributed by atoms with Crippen molar-refractivity contribution >= 4 is 17.4 Å². The number of likely N-dealkylation sites (tertiary alicyclic amines) is 1. The van der Waals surface area contributed by atoms with E-state index in [9.17, 15) is 14.7 Å². The van der Waals surface area contributed by atoms with Gasteiger partial charge < -0.3 is 24.2 Å². The van der Waals surface area contributed by atoms with E-state index in [2.05, 4.69) is 11.5 Å². The minimum absolute atomic E-state index is 0.0736. The summed E-state index contributed by atoms with van der Waals surface area (Å²) in [6.45, 7) is 10.9. The molecule has 8 nitrogen and oxygen atoms in total. The van der Waals surface area contributed by atoms with E-state index in [-0.39, 0.29) is 11.3 Å². The van der Waals surface area contributed by atoms with E-state index >= 15 is 0 Å². The fourth-order valence-corrected chi connectivity index (χ4v) is 4.76. The van der Waals surface area contributed by atoms with Crippen molar-refractivity contribution in [2.24, 2.45) is 0 Å². The number of ether oxygens (including phenoxy) is 3. The maximum atomic E-state index is 13.3. The molecule has 2 aliphatic heterocycles. The first-order valence-corrected chi connectivity index (χ1v) is 13.2. The Morgan fingerprint density at radius 1 is 1.08 bits per heavy atom. The van der Waals surface area contributed by atoms with Crippen molar-refractivity contribution in [2.45, 2.75) is 25.8 Å². The third kappa shape index (κ3) is 6.44. The Hall–Kier alpha value is -3.62. The van der Waals surface area contributed by atoms with E-state index in [1.54, 1.807) is 35.2 Å². The second kappa shape index (κ2) is 13.3. The third-order valence-electron chi connectivity index (χ3n) is 6.66. The lowest BCUT2D eigenvalue weighted by molar-refractivity contribution is -0.140. The third-order valence-corrected chi connectivity index (χ3v) is 6.66. The van der Waals surface area contributed by atoms with Crippen molar-refractivity contribution in [3.63, 3.8) is 0 Å². The Bertz CT molecular complexity index is 1150. The summed E-state index contributed by atoms with van der Waals surface area (Å²) in [7, 11) is 0. The van der Waals surface area contributed by atoms with Crippen molar-refractivity contribution in [1.82, 2.24) is 9.80 Å². The number of aliphatic hydroxyl groups is 1. The molecule has 2 aromatic rings. The molecular weight excluding hydrogens is 484 g/mol. The van der Waals surface area contributed by atoms with Gasteiger partial charge in [0, 0.05) is 31.7 Å². The number of amides is 1. The molecule has 2 aromatic carbocycles. The van der Waals surface area contributed by atoms with E-state index in [4.69, 9.17) is 14.2 Å². The van der Waals surface area contributed by atoms with Crippen molar-refractivity contribution < 1.29 is 28.9 Å². The van der Waals surface area contributed by atoms with Gasteiger partial charge in [0.05, 0.1) is 31.4 Å². The Kier molecular flexibility index (Phi) is 9.56.